The van der Waals surface area contributed by atoms with Gasteiger partial charge in [-0.2, -0.15) is 0 Å². The summed E-state index contributed by atoms with van der Waals surface area (Å²) in [7, 11) is 0. The van der Waals surface area contributed by atoms with Crippen molar-refractivity contribution in [2.75, 3.05) is 10.6 Å². The molecule has 0 atom stereocenters. The minimum atomic E-state index is -0.553. The Morgan fingerprint density at radius 1 is 0.963 bits per heavy atom. The van der Waals surface area contributed by atoms with Gasteiger partial charge in [-0.15, -0.1) is 0 Å². The molecule has 4 aromatic rings. The van der Waals surface area contributed by atoms with Crippen molar-refractivity contribution in [3.05, 3.63) is 60.8 Å². The van der Waals surface area contributed by atoms with Gasteiger partial charge in [0, 0.05) is 23.5 Å². The van der Waals surface area contributed by atoms with Crippen molar-refractivity contribution in [3.8, 4) is 23.0 Å². The molecule has 8 nitrogen and oxygen atoms in total. The van der Waals surface area contributed by atoms with E-state index >= 15 is 0 Å². The monoisotopic (exact) mass is 362 g/mol. The number of aromatic nitrogens is 2. The first-order valence-electron chi connectivity index (χ1n) is 8.00. The summed E-state index contributed by atoms with van der Waals surface area (Å²) in [4.78, 5) is 20.6. The Morgan fingerprint density at radius 2 is 1.81 bits per heavy atom. The number of hydrogen-bond donors (Lipinski definition) is 4. The first-order valence-corrected chi connectivity index (χ1v) is 8.00. The van der Waals surface area contributed by atoms with Crippen molar-refractivity contribution in [1.29, 1.82) is 0 Å². The highest BCUT2D eigenvalue weighted by Gasteiger charge is 2.11. The normalized spacial score (nSPS) is 10.7. The molecule has 0 fully saturated rings. The van der Waals surface area contributed by atoms with E-state index in [9.17, 15) is 15.0 Å². The zero-order valence-corrected chi connectivity index (χ0v) is 13.9. The number of oxazole rings is 1. The maximum atomic E-state index is 12.1. The van der Waals surface area contributed by atoms with Crippen LogP contribution in [0.5, 0.6) is 11.5 Å². The number of phenols is 2. The van der Waals surface area contributed by atoms with Crippen molar-refractivity contribution >= 4 is 28.6 Å². The Bertz CT molecular complexity index is 1110. The third-order valence-electron chi connectivity index (χ3n) is 3.78. The maximum absolute atomic E-state index is 12.1. The second kappa shape index (κ2) is 6.68. The highest BCUT2D eigenvalue weighted by Crippen LogP contribution is 2.28. The second-order valence-electron chi connectivity index (χ2n) is 5.70. The Hall–Kier alpha value is -4.07. The molecule has 134 valence electrons. The molecule has 2 aromatic carbocycles. The lowest BCUT2D eigenvalue weighted by Crippen LogP contribution is -2.20. The molecule has 2 amide bonds. The summed E-state index contributed by atoms with van der Waals surface area (Å²) in [6, 6.07) is 14.2. The molecule has 0 saturated heterocycles. The fourth-order valence-electron chi connectivity index (χ4n) is 2.51. The van der Waals surface area contributed by atoms with Gasteiger partial charge in [0.05, 0.1) is 0 Å². The summed E-state index contributed by atoms with van der Waals surface area (Å²) in [6.07, 6.45) is 1.53. The molecular formula is C19H14N4O4. The maximum Gasteiger partial charge on any atom is 0.324 e. The third kappa shape index (κ3) is 3.49. The lowest BCUT2D eigenvalue weighted by molar-refractivity contribution is 0.262. The number of aromatic hydroxyl groups is 2. The average molecular weight is 362 g/mol. The number of rotatable bonds is 3. The number of para-hydroxylation sites is 2. The molecule has 4 rings (SSSR count). The molecule has 0 spiro atoms. The fourth-order valence-corrected chi connectivity index (χ4v) is 2.51. The second-order valence-corrected chi connectivity index (χ2v) is 5.70. The summed E-state index contributed by atoms with van der Waals surface area (Å²) < 4.78 is 5.72. The van der Waals surface area contributed by atoms with Crippen LogP contribution in [-0.4, -0.2) is 26.2 Å². The zero-order valence-electron chi connectivity index (χ0n) is 13.9. The van der Waals surface area contributed by atoms with Crippen LogP contribution in [0, 0.1) is 0 Å². The van der Waals surface area contributed by atoms with E-state index in [0.717, 1.165) is 5.52 Å². The zero-order chi connectivity index (χ0) is 18.8. The Labute approximate surface area is 153 Å². The summed E-state index contributed by atoms with van der Waals surface area (Å²) in [5, 5.41) is 23.9. The van der Waals surface area contributed by atoms with E-state index in [1.807, 2.05) is 24.3 Å². The van der Waals surface area contributed by atoms with Gasteiger partial charge in [-0.25, -0.2) is 14.8 Å². The Morgan fingerprint density at radius 3 is 2.63 bits per heavy atom. The molecule has 2 aromatic heterocycles. The molecule has 0 saturated carbocycles. The van der Waals surface area contributed by atoms with E-state index < -0.39 is 6.03 Å². The molecule has 0 bridgehead atoms. The molecule has 0 aliphatic heterocycles. The van der Waals surface area contributed by atoms with Crippen LogP contribution in [0.1, 0.15) is 0 Å². The van der Waals surface area contributed by atoms with Gasteiger partial charge in [0.1, 0.15) is 11.3 Å². The van der Waals surface area contributed by atoms with Crippen LogP contribution in [0.3, 0.4) is 0 Å². The van der Waals surface area contributed by atoms with E-state index in [4.69, 9.17) is 4.42 Å². The smallest absolute Gasteiger partial charge is 0.324 e. The molecule has 2 heterocycles. The predicted octanol–water partition coefficient (Wildman–Crippen LogP) is 3.95. The number of fused-ring (bicyclic) bond motifs is 1. The van der Waals surface area contributed by atoms with Gasteiger partial charge in [0.25, 0.3) is 0 Å². The van der Waals surface area contributed by atoms with Crippen molar-refractivity contribution in [1.82, 2.24) is 9.97 Å². The Kier molecular flexibility index (Phi) is 4.06. The molecule has 27 heavy (non-hydrogen) atoms. The summed E-state index contributed by atoms with van der Waals surface area (Å²) >= 11 is 0. The number of urea groups is 1. The fraction of sp³-hybridized carbons (Fsp3) is 0. The molecule has 0 aliphatic carbocycles. The molecule has 0 radical (unpaired) electrons. The molecular weight excluding hydrogens is 348 g/mol. The standard InChI is InChI=1S/C19H14N4O4/c24-14-6-5-12(10-15(14)25)21-19(26)23-17-9-11(7-8-20-17)18-22-13-3-1-2-4-16(13)27-18/h1-10,24-25H,(H2,20,21,23,26). The number of hydrogen-bond acceptors (Lipinski definition) is 6. The third-order valence-corrected chi connectivity index (χ3v) is 3.78. The largest absolute Gasteiger partial charge is 0.504 e. The number of carbonyl (C=O) groups is 1. The van der Waals surface area contributed by atoms with Gasteiger partial charge in [0.2, 0.25) is 5.89 Å². The van der Waals surface area contributed by atoms with Crippen LogP contribution in [-0.2, 0) is 0 Å². The molecule has 4 N–H and O–H groups in total. The van der Waals surface area contributed by atoms with Gasteiger partial charge >= 0.3 is 6.03 Å². The average Bonchev–Trinajstić information content (AvgIpc) is 3.09. The summed E-state index contributed by atoms with van der Waals surface area (Å²) in [5.41, 5.74) is 2.39. The minimum Gasteiger partial charge on any atom is -0.504 e. The van der Waals surface area contributed by atoms with Gasteiger partial charge < -0.3 is 19.9 Å². The number of phenolic OH excluding ortho intramolecular Hbond substituents is 2. The van der Waals surface area contributed by atoms with Gasteiger partial charge in [0.15, 0.2) is 17.1 Å². The first-order chi connectivity index (χ1) is 13.1. The minimum absolute atomic E-state index is 0.270. The van der Waals surface area contributed by atoms with Crippen molar-refractivity contribution in [2.24, 2.45) is 0 Å². The van der Waals surface area contributed by atoms with Gasteiger partial charge in [-0.05, 0) is 36.4 Å². The van der Waals surface area contributed by atoms with Crippen LogP contribution in [0.2, 0.25) is 0 Å². The predicted molar refractivity (Wildman–Crippen MR) is 99.7 cm³/mol. The van der Waals surface area contributed by atoms with Crippen LogP contribution in [0.15, 0.2) is 65.2 Å². The number of benzene rings is 2. The van der Waals surface area contributed by atoms with E-state index in [-0.39, 0.29) is 11.5 Å². The van der Waals surface area contributed by atoms with Crippen LogP contribution < -0.4 is 10.6 Å². The van der Waals surface area contributed by atoms with Crippen LogP contribution >= 0.6 is 0 Å². The molecule has 8 heteroatoms. The van der Waals surface area contributed by atoms with E-state index in [0.29, 0.717) is 28.5 Å². The molecule has 0 aliphatic rings. The van der Waals surface area contributed by atoms with Crippen LogP contribution in [0.25, 0.3) is 22.6 Å². The Balaban J connectivity index is 1.51. The molecule has 0 unspecified atom stereocenters. The number of nitrogens with zero attached hydrogens (tertiary/aromatic N) is 2. The number of pyridine rings is 1. The highest BCUT2D eigenvalue weighted by molar-refractivity contribution is 5.99. The topological polar surface area (TPSA) is 121 Å². The first kappa shape index (κ1) is 16.4. The number of nitrogens with one attached hydrogen (secondary N) is 2. The lowest BCUT2D eigenvalue weighted by Gasteiger charge is -2.08. The summed E-state index contributed by atoms with van der Waals surface area (Å²) in [5.74, 6) is 0.123. The van der Waals surface area contributed by atoms with Crippen molar-refractivity contribution < 1.29 is 19.4 Å². The van der Waals surface area contributed by atoms with Crippen LogP contribution in [0.4, 0.5) is 16.3 Å². The lowest BCUT2D eigenvalue weighted by atomic mass is 10.2. The highest BCUT2D eigenvalue weighted by atomic mass is 16.3. The quantitative estimate of drug-likeness (QED) is 0.323. The SMILES string of the molecule is O=C(Nc1ccc(O)c(O)c1)Nc1cc(-c2nc3ccccc3o2)ccn1. The van der Waals surface area contributed by atoms with Gasteiger partial charge in [-0.1, -0.05) is 12.1 Å². The van der Waals surface area contributed by atoms with E-state index in [2.05, 4.69) is 20.6 Å². The summed E-state index contributed by atoms with van der Waals surface area (Å²) in [6.45, 7) is 0. The van der Waals surface area contributed by atoms with Gasteiger partial charge in [-0.3, -0.25) is 5.32 Å². The van der Waals surface area contributed by atoms with E-state index in [1.54, 1.807) is 12.1 Å². The number of carbonyl (C=O) groups excluding carboxylic acids is 1. The van der Waals surface area contributed by atoms with Crippen molar-refractivity contribution in [2.45, 2.75) is 0 Å². The number of amides is 2. The number of anilines is 2. The van der Waals surface area contributed by atoms with Crippen molar-refractivity contribution in [3.63, 3.8) is 0 Å². The van der Waals surface area contributed by atoms with E-state index in [1.165, 1.54) is 24.4 Å².